The maximum atomic E-state index is 12.4. The summed E-state index contributed by atoms with van der Waals surface area (Å²) in [4.78, 5) is 39.1. The molecule has 0 saturated carbocycles. The number of aryl methyl sites for hydroxylation is 1. The van der Waals surface area contributed by atoms with Gasteiger partial charge in [0, 0.05) is 11.2 Å². The Hall–Kier alpha value is -2.31. The van der Waals surface area contributed by atoms with Crippen LogP contribution in [-0.2, 0) is 16.0 Å². The predicted molar refractivity (Wildman–Crippen MR) is 91.1 cm³/mol. The second-order valence-corrected chi connectivity index (χ2v) is 6.70. The molecule has 0 aliphatic carbocycles. The van der Waals surface area contributed by atoms with Gasteiger partial charge in [-0.3, -0.25) is 9.59 Å². The predicted octanol–water partition coefficient (Wildman–Crippen LogP) is 1.71. The van der Waals surface area contributed by atoms with Crippen molar-refractivity contribution >= 4 is 17.8 Å². The number of rotatable bonds is 6. The first-order chi connectivity index (χ1) is 11.1. The molecule has 0 spiro atoms. The van der Waals surface area contributed by atoms with Crippen LogP contribution in [0.5, 0.6) is 0 Å². The highest BCUT2D eigenvalue weighted by atomic mass is 16.5. The molecule has 1 rings (SSSR count). The van der Waals surface area contributed by atoms with Crippen molar-refractivity contribution in [3.8, 4) is 0 Å². The van der Waals surface area contributed by atoms with Gasteiger partial charge in [-0.05, 0) is 39.7 Å². The van der Waals surface area contributed by atoms with E-state index in [-0.39, 0.29) is 18.0 Å². The van der Waals surface area contributed by atoms with E-state index in [1.54, 1.807) is 6.92 Å². The molecule has 0 fully saturated rings. The van der Waals surface area contributed by atoms with E-state index in [1.807, 2.05) is 27.7 Å². The van der Waals surface area contributed by atoms with E-state index in [4.69, 9.17) is 4.74 Å². The van der Waals surface area contributed by atoms with Gasteiger partial charge < -0.3 is 20.4 Å². The van der Waals surface area contributed by atoms with Crippen molar-refractivity contribution in [2.24, 2.45) is 0 Å². The Morgan fingerprint density at radius 1 is 1.21 bits per heavy atom. The van der Waals surface area contributed by atoms with Gasteiger partial charge in [0.05, 0.1) is 19.2 Å². The summed E-state index contributed by atoms with van der Waals surface area (Å²) < 4.78 is 4.80. The van der Waals surface area contributed by atoms with Gasteiger partial charge in [0.1, 0.15) is 5.69 Å². The summed E-state index contributed by atoms with van der Waals surface area (Å²) in [6.07, 6.45) is 1.33. The molecular weight excluding hydrogens is 310 g/mol. The number of hydrogen-bond donors (Lipinski definition) is 3. The van der Waals surface area contributed by atoms with Crippen LogP contribution < -0.4 is 10.6 Å². The third-order valence-electron chi connectivity index (χ3n) is 3.33. The number of aromatic amines is 1. The number of methoxy groups -OCH3 is 1. The SMILES string of the molecule is CCCc1c(C(=O)NCC(=O)NC(C)(C)C)[nH]c(C)c1C(=O)OC. The first-order valence-electron chi connectivity index (χ1n) is 7.99. The Kier molecular flexibility index (Phi) is 6.57. The quantitative estimate of drug-likeness (QED) is 0.688. The Bertz CT molecular complexity index is 627. The molecule has 0 radical (unpaired) electrons. The summed E-state index contributed by atoms with van der Waals surface area (Å²) in [5.74, 6) is -1.16. The smallest absolute Gasteiger partial charge is 0.339 e. The number of hydrogen-bond acceptors (Lipinski definition) is 4. The van der Waals surface area contributed by atoms with Crippen LogP contribution in [0.15, 0.2) is 0 Å². The van der Waals surface area contributed by atoms with Crippen LogP contribution in [0.4, 0.5) is 0 Å². The van der Waals surface area contributed by atoms with Crippen molar-refractivity contribution < 1.29 is 19.1 Å². The van der Waals surface area contributed by atoms with Crippen molar-refractivity contribution in [1.29, 1.82) is 0 Å². The summed E-state index contributed by atoms with van der Waals surface area (Å²) in [7, 11) is 1.31. The zero-order valence-electron chi connectivity index (χ0n) is 15.3. The second kappa shape index (κ2) is 7.99. The Morgan fingerprint density at radius 2 is 1.83 bits per heavy atom. The number of H-pyrrole nitrogens is 1. The molecule has 1 aromatic heterocycles. The number of aromatic nitrogens is 1. The van der Waals surface area contributed by atoms with E-state index in [1.165, 1.54) is 7.11 Å². The van der Waals surface area contributed by atoms with Gasteiger partial charge in [0.2, 0.25) is 5.91 Å². The largest absolute Gasteiger partial charge is 0.465 e. The van der Waals surface area contributed by atoms with E-state index in [0.717, 1.165) is 6.42 Å². The van der Waals surface area contributed by atoms with Gasteiger partial charge in [-0.1, -0.05) is 13.3 Å². The number of ether oxygens (including phenoxy) is 1. The van der Waals surface area contributed by atoms with Gasteiger partial charge in [-0.15, -0.1) is 0 Å². The van der Waals surface area contributed by atoms with Gasteiger partial charge in [0.25, 0.3) is 5.91 Å². The Balaban J connectivity index is 2.94. The van der Waals surface area contributed by atoms with E-state index in [9.17, 15) is 14.4 Å². The molecule has 0 unspecified atom stereocenters. The highest BCUT2D eigenvalue weighted by Crippen LogP contribution is 2.21. The lowest BCUT2D eigenvalue weighted by Crippen LogP contribution is -2.46. The van der Waals surface area contributed by atoms with Crippen LogP contribution in [0.1, 0.15) is 66.2 Å². The van der Waals surface area contributed by atoms with Crippen molar-refractivity contribution in [1.82, 2.24) is 15.6 Å². The second-order valence-electron chi connectivity index (χ2n) is 6.70. The lowest BCUT2D eigenvalue weighted by atomic mass is 10.0. The Labute approximate surface area is 142 Å². The fourth-order valence-corrected chi connectivity index (χ4v) is 2.46. The number of carbonyl (C=O) groups is 3. The van der Waals surface area contributed by atoms with Gasteiger partial charge in [-0.25, -0.2) is 4.79 Å². The van der Waals surface area contributed by atoms with Gasteiger partial charge in [-0.2, -0.15) is 0 Å². The fraction of sp³-hybridized carbons (Fsp3) is 0.588. The molecule has 0 saturated heterocycles. The van der Waals surface area contributed by atoms with Crippen LogP contribution in [0.2, 0.25) is 0 Å². The minimum absolute atomic E-state index is 0.132. The standard InChI is InChI=1S/C17H27N3O4/c1-7-8-11-13(16(23)24-6)10(2)19-14(11)15(22)18-9-12(21)20-17(3,4)5/h19H,7-9H2,1-6H3,(H,18,22)(H,20,21). The summed E-state index contributed by atoms with van der Waals surface area (Å²) >= 11 is 0. The van der Waals surface area contributed by atoms with Gasteiger partial charge >= 0.3 is 5.97 Å². The van der Waals surface area contributed by atoms with E-state index in [2.05, 4.69) is 15.6 Å². The average molecular weight is 337 g/mol. The van der Waals surface area contributed by atoms with Crippen LogP contribution in [0, 0.1) is 6.92 Å². The average Bonchev–Trinajstić information content (AvgIpc) is 2.79. The molecule has 0 aromatic carbocycles. The highest BCUT2D eigenvalue weighted by molar-refractivity contribution is 6.01. The third-order valence-corrected chi connectivity index (χ3v) is 3.33. The summed E-state index contributed by atoms with van der Waals surface area (Å²) in [5.41, 5.74) is 1.53. The molecule has 0 aliphatic heterocycles. The fourth-order valence-electron chi connectivity index (χ4n) is 2.46. The molecule has 0 bridgehead atoms. The summed E-state index contributed by atoms with van der Waals surface area (Å²) in [6, 6.07) is 0. The molecule has 7 heteroatoms. The van der Waals surface area contributed by atoms with Crippen LogP contribution in [-0.4, -0.2) is 42.0 Å². The third kappa shape index (κ3) is 5.11. The van der Waals surface area contributed by atoms with E-state index in [0.29, 0.717) is 28.9 Å². The van der Waals surface area contributed by atoms with Crippen molar-refractivity contribution in [3.05, 3.63) is 22.5 Å². The molecule has 2 amide bonds. The molecule has 7 nitrogen and oxygen atoms in total. The maximum absolute atomic E-state index is 12.4. The summed E-state index contributed by atoms with van der Waals surface area (Å²) in [6.45, 7) is 9.14. The van der Waals surface area contributed by atoms with Crippen LogP contribution in [0.25, 0.3) is 0 Å². The molecule has 134 valence electrons. The highest BCUT2D eigenvalue weighted by Gasteiger charge is 2.25. The van der Waals surface area contributed by atoms with Crippen LogP contribution in [0.3, 0.4) is 0 Å². The minimum Gasteiger partial charge on any atom is -0.465 e. The van der Waals surface area contributed by atoms with Crippen molar-refractivity contribution in [2.45, 2.75) is 53.0 Å². The van der Waals surface area contributed by atoms with Crippen LogP contribution >= 0.6 is 0 Å². The van der Waals surface area contributed by atoms with E-state index < -0.39 is 11.9 Å². The lowest BCUT2D eigenvalue weighted by Gasteiger charge is -2.20. The zero-order valence-corrected chi connectivity index (χ0v) is 15.3. The monoisotopic (exact) mass is 337 g/mol. The molecule has 0 aliphatic rings. The molecule has 1 aromatic rings. The number of nitrogens with one attached hydrogen (secondary N) is 3. The lowest BCUT2D eigenvalue weighted by molar-refractivity contribution is -0.121. The first-order valence-corrected chi connectivity index (χ1v) is 7.99. The normalized spacial score (nSPS) is 11.1. The molecule has 24 heavy (non-hydrogen) atoms. The summed E-state index contributed by atoms with van der Waals surface area (Å²) in [5, 5.41) is 5.35. The van der Waals surface area contributed by atoms with E-state index >= 15 is 0 Å². The van der Waals surface area contributed by atoms with Crippen molar-refractivity contribution in [3.63, 3.8) is 0 Å². The Morgan fingerprint density at radius 3 is 2.33 bits per heavy atom. The zero-order chi connectivity index (χ0) is 18.5. The maximum Gasteiger partial charge on any atom is 0.339 e. The molecule has 3 N–H and O–H groups in total. The first kappa shape index (κ1) is 19.7. The topological polar surface area (TPSA) is 100 Å². The van der Waals surface area contributed by atoms with Crippen molar-refractivity contribution in [2.75, 3.05) is 13.7 Å². The number of amides is 2. The molecule has 0 atom stereocenters. The minimum atomic E-state index is -0.475. The molecule has 1 heterocycles. The number of esters is 1. The van der Waals surface area contributed by atoms with Gasteiger partial charge in [0.15, 0.2) is 0 Å². The number of carbonyl (C=O) groups excluding carboxylic acids is 3. The molecular formula is C17H27N3O4.